The molecule has 0 aliphatic carbocycles. The number of aromatic nitrogens is 2. The standard InChI is InChI=1S/C16H28N4S/c1-6-17-12-10-13(20-14(19-12)15(2,3)4)18-11-16(5)8-7-9-21-16/h10H,6-9,11H2,1-5H3,(H2,17,18,19,20). The highest BCUT2D eigenvalue weighted by Crippen LogP contribution is 2.37. The fraction of sp³-hybridized carbons (Fsp3) is 0.750. The van der Waals surface area contributed by atoms with E-state index >= 15 is 0 Å². The van der Waals surface area contributed by atoms with Crippen LogP contribution in [0.25, 0.3) is 0 Å². The minimum atomic E-state index is -0.0477. The monoisotopic (exact) mass is 308 g/mol. The summed E-state index contributed by atoms with van der Waals surface area (Å²) in [7, 11) is 0. The van der Waals surface area contributed by atoms with Crippen LogP contribution in [0, 0.1) is 0 Å². The van der Waals surface area contributed by atoms with Crippen LogP contribution in [0.5, 0.6) is 0 Å². The van der Waals surface area contributed by atoms with Crippen molar-refractivity contribution in [2.24, 2.45) is 0 Å². The van der Waals surface area contributed by atoms with E-state index in [2.05, 4.69) is 62.0 Å². The van der Waals surface area contributed by atoms with Crippen molar-refractivity contribution in [3.63, 3.8) is 0 Å². The van der Waals surface area contributed by atoms with Gasteiger partial charge in [-0.05, 0) is 32.4 Å². The number of nitrogens with one attached hydrogen (secondary N) is 2. The fourth-order valence-electron chi connectivity index (χ4n) is 2.40. The number of nitrogens with zero attached hydrogens (tertiary/aromatic N) is 2. The molecular weight excluding hydrogens is 280 g/mol. The predicted octanol–water partition coefficient (Wildman–Crippen LogP) is 3.90. The maximum Gasteiger partial charge on any atom is 0.138 e. The lowest BCUT2D eigenvalue weighted by atomic mass is 9.96. The first-order valence-electron chi connectivity index (χ1n) is 7.84. The molecule has 0 amide bonds. The van der Waals surface area contributed by atoms with Crippen LogP contribution in [0.2, 0.25) is 0 Å². The highest BCUT2D eigenvalue weighted by atomic mass is 32.2. The number of rotatable bonds is 5. The molecule has 2 rings (SSSR count). The molecule has 5 heteroatoms. The van der Waals surface area contributed by atoms with Gasteiger partial charge in [0.05, 0.1) is 0 Å². The van der Waals surface area contributed by atoms with Crippen LogP contribution in [0.4, 0.5) is 11.6 Å². The van der Waals surface area contributed by atoms with Crippen LogP contribution in [0.1, 0.15) is 53.3 Å². The van der Waals surface area contributed by atoms with Gasteiger partial charge in [0.1, 0.15) is 17.5 Å². The molecule has 4 nitrogen and oxygen atoms in total. The van der Waals surface area contributed by atoms with Gasteiger partial charge in [-0.15, -0.1) is 0 Å². The Morgan fingerprint density at radius 2 is 1.90 bits per heavy atom. The largest absolute Gasteiger partial charge is 0.370 e. The lowest BCUT2D eigenvalue weighted by molar-refractivity contribution is 0.546. The zero-order chi connectivity index (χ0) is 15.5. The smallest absolute Gasteiger partial charge is 0.138 e. The van der Waals surface area contributed by atoms with Gasteiger partial charge in [-0.1, -0.05) is 20.8 Å². The first-order chi connectivity index (χ1) is 9.82. The zero-order valence-electron chi connectivity index (χ0n) is 13.9. The van der Waals surface area contributed by atoms with Crippen LogP contribution in [0.3, 0.4) is 0 Å². The van der Waals surface area contributed by atoms with Crippen molar-refractivity contribution in [3.05, 3.63) is 11.9 Å². The second-order valence-electron chi connectivity index (χ2n) is 7.00. The summed E-state index contributed by atoms with van der Waals surface area (Å²) in [5.41, 5.74) is -0.0477. The topological polar surface area (TPSA) is 49.8 Å². The molecular formula is C16H28N4S. The second kappa shape index (κ2) is 6.42. The van der Waals surface area contributed by atoms with E-state index < -0.39 is 0 Å². The fourth-order valence-corrected chi connectivity index (χ4v) is 3.64. The van der Waals surface area contributed by atoms with E-state index in [1.54, 1.807) is 0 Å². The summed E-state index contributed by atoms with van der Waals surface area (Å²) < 4.78 is 0.338. The Hall–Kier alpha value is -0.970. The van der Waals surface area contributed by atoms with E-state index in [9.17, 15) is 0 Å². The summed E-state index contributed by atoms with van der Waals surface area (Å²) in [5, 5.41) is 6.83. The van der Waals surface area contributed by atoms with Crippen molar-refractivity contribution in [2.75, 3.05) is 29.5 Å². The zero-order valence-corrected chi connectivity index (χ0v) is 14.7. The summed E-state index contributed by atoms with van der Waals surface area (Å²) in [4.78, 5) is 9.33. The van der Waals surface area contributed by atoms with Gasteiger partial charge in [0, 0.05) is 29.3 Å². The van der Waals surface area contributed by atoms with Gasteiger partial charge in [-0.3, -0.25) is 0 Å². The Bertz CT molecular complexity index is 476. The minimum Gasteiger partial charge on any atom is -0.370 e. The van der Waals surface area contributed by atoms with E-state index in [1.165, 1.54) is 18.6 Å². The van der Waals surface area contributed by atoms with Crippen molar-refractivity contribution in [1.82, 2.24) is 9.97 Å². The molecule has 21 heavy (non-hydrogen) atoms. The molecule has 1 aliphatic heterocycles. The molecule has 2 N–H and O–H groups in total. The first-order valence-corrected chi connectivity index (χ1v) is 8.82. The van der Waals surface area contributed by atoms with Crippen LogP contribution in [-0.4, -0.2) is 33.6 Å². The molecule has 2 heterocycles. The third-order valence-corrected chi connectivity index (χ3v) is 5.24. The quantitative estimate of drug-likeness (QED) is 0.864. The van der Waals surface area contributed by atoms with E-state index in [4.69, 9.17) is 4.98 Å². The van der Waals surface area contributed by atoms with E-state index in [1.807, 2.05) is 6.07 Å². The van der Waals surface area contributed by atoms with Crippen molar-refractivity contribution < 1.29 is 0 Å². The molecule has 0 bridgehead atoms. The van der Waals surface area contributed by atoms with Crippen molar-refractivity contribution in [2.45, 2.75) is 57.6 Å². The van der Waals surface area contributed by atoms with Gasteiger partial charge in [0.15, 0.2) is 0 Å². The van der Waals surface area contributed by atoms with Crippen LogP contribution in [-0.2, 0) is 5.41 Å². The van der Waals surface area contributed by atoms with Gasteiger partial charge in [-0.25, -0.2) is 9.97 Å². The van der Waals surface area contributed by atoms with Gasteiger partial charge in [-0.2, -0.15) is 11.8 Å². The molecule has 0 saturated carbocycles. The molecule has 0 spiro atoms. The third kappa shape index (κ3) is 4.50. The Morgan fingerprint density at radius 3 is 2.43 bits per heavy atom. The molecule has 1 aromatic heterocycles. The van der Waals surface area contributed by atoms with E-state index in [0.717, 1.165) is 30.5 Å². The Kier molecular flexibility index (Phi) is 5.02. The van der Waals surface area contributed by atoms with Crippen LogP contribution in [0.15, 0.2) is 6.07 Å². The Morgan fingerprint density at radius 1 is 1.24 bits per heavy atom. The number of thioether (sulfide) groups is 1. The number of hydrogen-bond acceptors (Lipinski definition) is 5. The third-order valence-electron chi connectivity index (χ3n) is 3.70. The summed E-state index contributed by atoms with van der Waals surface area (Å²) in [6.07, 6.45) is 2.60. The molecule has 1 saturated heterocycles. The minimum absolute atomic E-state index is 0.0477. The Balaban J connectivity index is 2.15. The molecule has 1 aromatic rings. The molecule has 1 fully saturated rings. The van der Waals surface area contributed by atoms with Gasteiger partial charge < -0.3 is 10.6 Å². The first kappa shape index (κ1) is 16.4. The normalized spacial score (nSPS) is 22.3. The molecule has 0 aromatic carbocycles. The van der Waals surface area contributed by atoms with Crippen molar-refractivity contribution in [1.29, 1.82) is 0 Å². The van der Waals surface area contributed by atoms with E-state index in [-0.39, 0.29) is 5.41 Å². The van der Waals surface area contributed by atoms with Crippen LogP contribution >= 0.6 is 11.8 Å². The average Bonchev–Trinajstić information content (AvgIpc) is 2.83. The SMILES string of the molecule is CCNc1cc(NCC2(C)CCCS2)nc(C(C)(C)C)n1. The molecule has 118 valence electrons. The van der Waals surface area contributed by atoms with E-state index in [0.29, 0.717) is 4.75 Å². The number of anilines is 2. The van der Waals surface area contributed by atoms with Crippen molar-refractivity contribution in [3.8, 4) is 0 Å². The molecule has 0 radical (unpaired) electrons. The highest BCUT2D eigenvalue weighted by Gasteiger charge is 2.29. The Labute approximate surface area is 132 Å². The number of hydrogen-bond donors (Lipinski definition) is 2. The van der Waals surface area contributed by atoms with Gasteiger partial charge >= 0.3 is 0 Å². The maximum absolute atomic E-state index is 4.71. The lowest BCUT2D eigenvalue weighted by Gasteiger charge is -2.24. The van der Waals surface area contributed by atoms with Crippen molar-refractivity contribution >= 4 is 23.4 Å². The lowest BCUT2D eigenvalue weighted by Crippen LogP contribution is -2.28. The molecule has 1 atom stereocenters. The summed E-state index contributed by atoms with van der Waals surface area (Å²) in [6, 6.07) is 2.02. The molecule has 1 aliphatic rings. The molecule has 1 unspecified atom stereocenters. The second-order valence-corrected chi connectivity index (χ2v) is 8.68. The predicted molar refractivity (Wildman–Crippen MR) is 93.5 cm³/mol. The van der Waals surface area contributed by atoms with Gasteiger partial charge in [0.25, 0.3) is 0 Å². The van der Waals surface area contributed by atoms with Crippen LogP contribution < -0.4 is 10.6 Å². The highest BCUT2D eigenvalue weighted by molar-refractivity contribution is 8.00. The summed E-state index contributed by atoms with van der Waals surface area (Å²) in [5.74, 6) is 3.99. The van der Waals surface area contributed by atoms with Gasteiger partial charge in [0.2, 0.25) is 0 Å². The maximum atomic E-state index is 4.71. The summed E-state index contributed by atoms with van der Waals surface area (Å²) in [6.45, 7) is 12.7. The summed E-state index contributed by atoms with van der Waals surface area (Å²) >= 11 is 2.07. The average molecular weight is 308 g/mol.